The van der Waals surface area contributed by atoms with Gasteiger partial charge in [-0.05, 0) is 47.6 Å². The van der Waals surface area contributed by atoms with Gasteiger partial charge in [0.1, 0.15) is 6.61 Å². The number of rotatable bonds is 2. The van der Waals surface area contributed by atoms with Crippen LogP contribution in [0.25, 0.3) is 0 Å². The number of likely N-dealkylation sites (tertiary alicyclic amines) is 1. The van der Waals surface area contributed by atoms with Crippen molar-refractivity contribution in [2.24, 2.45) is 0 Å². The molecule has 0 radical (unpaired) electrons. The van der Waals surface area contributed by atoms with Crippen LogP contribution in [-0.2, 0) is 11.3 Å². The molecule has 0 N–H and O–H groups in total. The molecule has 3 nitrogen and oxygen atoms in total. The summed E-state index contributed by atoms with van der Waals surface area (Å²) in [6.45, 7) is 1.06. The summed E-state index contributed by atoms with van der Waals surface area (Å²) in [5.41, 5.74) is 3.55. The van der Waals surface area contributed by atoms with Gasteiger partial charge in [0, 0.05) is 11.6 Å². The smallest absolute Gasteiger partial charge is 0.410 e. The van der Waals surface area contributed by atoms with E-state index in [-0.39, 0.29) is 12.1 Å². The lowest BCUT2D eigenvalue weighted by atomic mass is 9.96. The molecule has 0 spiro atoms. The molecule has 4 heteroatoms. The van der Waals surface area contributed by atoms with Crippen molar-refractivity contribution in [2.45, 2.75) is 31.4 Å². The van der Waals surface area contributed by atoms with Gasteiger partial charge in [0.25, 0.3) is 0 Å². The molecule has 0 aromatic heterocycles. The highest BCUT2D eigenvalue weighted by Crippen LogP contribution is 2.49. The van der Waals surface area contributed by atoms with E-state index in [4.69, 9.17) is 16.3 Å². The van der Waals surface area contributed by atoms with Crippen molar-refractivity contribution in [3.63, 3.8) is 0 Å². The summed E-state index contributed by atoms with van der Waals surface area (Å²) in [7, 11) is 0. The second-order valence-corrected chi connectivity index (χ2v) is 6.68. The van der Waals surface area contributed by atoms with Crippen LogP contribution in [0.1, 0.15) is 41.5 Å². The van der Waals surface area contributed by atoms with Crippen LogP contribution in [0.15, 0.2) is 48.5 Å². The number of carbonyl (C=O) groups is 1. The second kappa shape index (κ2) is 5.89. The molecule has 118 valence electrons. The third kappa shape index (κ3) is 2.70. The Hall–Kier alpha value is -2.00. The first kappa shape index (κ1) is 14.6. The normalized spacial score (nSPS) is 21.9. The van der Waals surface area contributed by atoms with Crippen molar-refractivity contribution in [1.82, 2.24) is 4.90 Å². The number of halogens is 1. The van der Waals surface area contributed by atoms with E-state index in [1.165, 1.54) is 11.1 Å². The molecule has 0 saturated carbocycles. The van der Waals surface area contributed by atoms with Gasteiger partial charge < -0.3 is 9.64 Å². The molecule has 2 aromatic carbocycles. The Bertz CT molecular complexity index is 731. The topological polar surface area (TPSA) is 29.5 Å². The third-order valence-corrected chi connectivity index (χ3v) is 5.12. The molecule has 1 fully saturated rings. The van der Waals surface area contributed by atoms with E-state index >= 15 is 0 Å². The quantitative estimate of drug-likeness (QED) is 0.784. The highest BCUT2D eigenvalue weighted by Gasteiger charge is 2.41. The largest absolute Gasteiger partial charge is 0.445 e. The van der Waals surface area contributed by atoms with Gasteiger partial charge in [-0.25, -0.2) is 4.79 Å². The maximum absolute atomic E-state index is 12.5. The highest BCUT2D eigenvalue weighted by atomic mass is 35.5. The number of piperidine rings is 1. The molecule has 1 amide bonds. The predicted molar refractivity (Wildman–Crippen MR) is 89.5 cm³/mol. The van der Waals surface area contributed by atoms with Crippen LogP contribution in [-0.4, -0.2) is 17.5 Å². The standard InChI is InChI=1S/C19H18ClNO2/c20-15-6-7-16-17(11-15)14-8-9-21(18(16)10-14)19(22)23-12-13-4-2-1-3-5-13/h1-7,11,14,18H,8-10,12H2/t14-,18?/m1/s1. The van der Waals surface area contributed by atoms with E-state index < -0.39 is 0 Å². The molecule has 1 heterocycles. The zero-order valence-electron chi connectivity index (χ0n) is 12.7. The zero-order valence-corrected chi connectivity index (χ0v) is 13.5. The van der Waals surface area contributed by atoms with E-state index in [1.54, 1.807) is 0 Å². The molecule has 2 aliphatic rings. The Kier molecular flexibility index (Phi) is 3.74. The summed E-state index contributed by atoms with van der Waals surface area (Å²) in [5.74, 6) is 0.520. The number of amides is 1. The Morgan fingerprint density at radius 3 is 2.83 bits per heavy atom. The number of carbonyl (C=O) groups excluding carboxylic acids is 1. The summed E-state index contributed by atoms with van der Waals surface area (Å²) in [4.78, 5) is 14.4. The molecule has 2 atom stereocenters. The lowest BCUT2D eigenvalue weighted by Gasteiger charge is -2.32. The van der Waals surface area contributed by atoms with Gasteiger partial charge in [-0.1, -0.05) is 48.0 Å². The summed E-state index contributed by atoms with van der Waals surface area (Å²) < 4.78 is 5.52. The average Bonchev–Trinajstić information content (AvgIpc) is 2.86. The molecular formula is C19H18ClNO2. The molecule has 1 aliphatic carbocycles. The summed E-state index contributed by atoms with van der Waals surface area (Å²) in [6, 6.07) is 15.9. The summed E-state index contributed by atoms with van der Waals surface area (Å²) in [6.07, 6.45) is 1.74. The second-order valence-electron chi connectivity index (χ2n) is 6.24. The maximum atomic E-state index is 12.5. The molecule has 1 aliphatic heterocycles. The van der Waals surface area contributed by atoms with E-state index in [9.17, 15) is 4.79 Å². The van der Waals surface area contributed by atoms with Crippen molar-refractivity contribution < 1.29 is 9.53 Å². The van der Waals surface area contributed by atoms with Gasteiger partial charge in [-0.2, -0.15) is 0 Å². The van der Waals surface area contributed by atoms with E-state index in [2.05, 4.69) is 12.1 Å². The highest BCUT2D eigenvalue weighted by molar-refractivity contribution is 6.30. The van der Waals surface area contributed by atoms with Crippen LogP contribution in [0.2, 0.25) is 5.02 Å². The van der Waals surface area contributed by atoms with Gasteiger partial charge in [0.2, 0.25) is 0 Å². The number of benzene rings is 2. The Balaban J connectivity index is 1.49. The molecule has 2 bridgehead atoms. The van der Waals surface area contributed by atoms with Gasteiger partial charge in [-0.3, -0.25) is 0 Å². The minimum atomic E-state index is -0.222. The van der Waals surface area contributed by atoms with Crippen LogP contribution < -0.4 is 0 Å². The fourth-order valence-corrected chi connectivity index (χ4v) is 3.95. The van der Waals surface area contributed by atoms with Gasteiger partial charge in [0.15, 0.2) is 0 Å². The molecule has 1 saturated heterocycles. The zero-order chi connectivity index (χ0) is 15.8. The Morgan fingerprint density at radius 2 is 2.00 bits per heavy atom. The van der Waals surface area contributed by atoms with Crippen LogP contribution in [0, 0.1) is 0 Å². The number of hydrogen-bond acceptors (Lipinski definition) is 2. The molecule has 1 unspecified atom stereocenters. The minimum Gasteiger partial charge on any atom is -0.445 e. The number of fused-ring (bicyclic) bond motifs is 5. The molecular weight excluding hydrogens is 310 g/mol. The van der Waals surface area contributed by atoms with E-state index in [0.717, 1.165) is 30.0 Å². The van der Waals surface area contributed by atoms with Crippen molar-refractivity contribution in [2.75, 3.05) is 6.54 Å². The van der Waals surface area contributed by atoms with Crippen LogP contribution in [0.3, 0.4) is 0 Å². The monoisotopic (exact) mass is 327 g/mol. The van der Waals surface area contributed by atoms with Crippen molar-refractivity contribution >= 4 is 17.7 Å². The fourth-order valence-electron chi connectivity index (χ4n) is 3.77. The van der Waals surface area contributed by atoms with Crippen LogP contribution >= 0.6 is 11.6 Å². The van der Waals surface area contributed by atoms with Crippen molar-refractivity contribution in [1.29, 1.82) is 0 Å². The minimum absolute atomic E-state index is 0.129. The number of hydrogen-bond donors (Lipinski definition) is 0. The lowest BCUT2D eigenvalue weighted by molar-refractivity contribution is 0.0694. The van der Waals surface area contributed by atoms with Crippen LogP contribution in [0.4, 0.5) is 4.79 Å². The molecule has 23 heavy (non-hydrogen) atoms. The summed E-state index contributed by atoms with van der Waals surface area (Å²) >= 11 is 6.13. The predicted octanol–water partition coefficient (Wildman–Crippen LogP) is 4.91. The number of nitrogens with zero attached hydrogens (tertiary/aromatic N) is 1. The Labute approximate surface area is 140 Å². The first-order valence-electron chi connectivity index (χ1n) is 7.99. The third-order valence-electron chi connectivity index (χ3n) is 4.89. The molecule has 2 aromatic rings. The van der Waals surface area contributed by atoms with Gasteiger partial charge in [-0.15, -0.1) is 0 Å². The van der Waals surface area contributed by atoms with Gasteiger partial charge in [0.05, 0.1) is 6.04 Å². The average molecular weight is 328 g/mol. The number of ether oxygens (including phenoxy) is 1. The maximum Gasteiger partial charge on any atom is 0.410 e. The fraction of sp³-hybridized carbons (Fsp3) is 0.316. The van der Waals surface area contributed by atoms with Crippen LogP contribution in [0.5, 0.6) is 0 Å². The van der Waals surface area contributed by atoms with E-state index in [1.807, 2.05) is 41.3 Å². The summed E-state index contributed by atoms with van der Waals surface area (Å²) in [5, 5.41) is 0.773. The molecule has 4 rings (SSSR count). The van der Waals surface area contributed by atoms with E-state index in [0.29, 0.717) is 12.5 Å². The van der Waals surface area contributed by atoms with Crippen molar-refractivity contribution in [3.8, 4) is 0 Å². The first-order valence-corrected chi connectivity index (χ1v) is 8.37. The van der Waals surface area contributed by atoms with Gasteiger partial charge >= 0.3 is 6.09 Å². The SMILES string of the molecule is O=C(OCc1ccccc1)N1CC[C@@H]2CC1c1ccc(Cl)cc12. The first-order chi connectivity index (χ1) is 11.2. The van der Waals surface area contributed by atoms with Crippen molar-refractivity contribution in [3.05, 3.63) is 70.2 Å². The lowest BCUT2D eigenvalue weighted by Crippen LogP contribution is -2.37. The Morgan fingerprint density at radius 1 is 1.17 bits per heavy atom.